The molecule has 0 bridgehead atoms. The average molecular weight is 432 g/mol. The molecule has 4 aromatic rings. The number of carbonyl (C=O) groups excluding carboxylic acids is 2. The molecule has 162 valence electrons. The topological polar surface area (TPSA) is 139 Å². The lowest BCUT2D eigenvalue weighted by atomic mass is 10.1. The Morgan fingerprint density at radius 3 is 2.44 bits per heavy atom. The van der Waals surface area contributed by atoms with Crippen molar-refractivity contribution in [2.24, 2.45) is 7.05 Å². The van der Waals surface area contributed by atoms with Crippen LogP contribution in [0.2, 0.25) is 0 Å². The van der Waals surface area contributed by atoms with Gasteiger partial charge < -0.3 is 4.98 Å². The van der Waals surface area contributed by atoms with Gasteiger partial charge in [0.05, 0.1) is 16.3 Å². The summed E-state index contributed by atoms with van der Waals surface area (Å²) >= 11 is 0. The van der Waals surface area contributed by atoms with Crippen molar-refractivity contribution in [2.75, 3.05) is 0 Å². The number of aromatic nitrogens is 4. The Morgan fingerprint density at radius 2 is 1.66 bits per heavy atom. The Balaban J connectivity index is 1.35. The normalized spacial score (nSPS) is 10.9. The first-order valence-corrected chi connectivity index (χ1v) is 9.97. The number of para-hydroxylation sites is 1. The summed E-state index contributed by atoms with van der Waals surface area (Å²) in [4.78, 5) is 56.1. The molecule has 0 radical (unpaired) electrons. The quantitative estimate of drug-likeness (QED) is 0.402. The van der Waals surface area contributed by atoms with E-state index in [4.69, 9.17) is 0 Å². The van der Waals surface area contributed by atoms with E-state index in [1.165, 1.54) is 7.05 Å². The van der Waals surface area contributed by atoms with Gasteiger partial charge in [-0.15, -0.1) is 0 Å². The van der Waals surface area contributed by atoms with Crippen LogP contribution in [0.15, 0.2) is 58.1 Å². The molecule has 2 aromatic carbocycles. The Kier molecular flexibility index (Phi) is 5.75. The zero-order valence-electron chi connectivity index (χ0n) is 17.2. The molecule has 10 heteroatoms. The van der Waals surface area contributed by atoms with Gasteiger partial charge in [0.1, 0.15) is 5.82 Å². The van der Waals surface area contributed by atoms with Crippen molar-refractivity contribution in [3.8, 4) is 0 Å². The molecule has 3 N–H and O–H groups in total. The molecule has 2 heterocycles. The molecule has 2 aromatic heterocycles. The number of amides is 2. The van der Waals surface area contributed by atoms with E-state index in [0.717, 1.165) is 4.68 Å². The van der Waals surface area contributed by atoms with Gasteiger partial charge in [-0.2, -0.15) is 5.10 Å². The van der Waals surface area contributed by atoms with Crippen LogP contribution in [0.5, 0.6) is 0 Å². The third-order valence-corrected chi connectivity index (χ3v) is 4.97. The first-order valence-electron chi connectivity index (χ1n) is 9.97. The number of benzene rings is 2. The zero-order valence-corrected chi connectivity index (χ0v) is 17.2. The Morgan fingerprint density at radius 1 is 0.969 bits per heavy atom. The number of H-pyrrole nitrogens is 1. The minimum Gasteiger partial charge on any atom is -0.310 e. The lowest BCUT2D eigenvalue weighted by molar-refractivity contribution is -0.121. The van der Waals surface area contributed by atoms with Gasteiger partial charge >= 0.3 is 0 Å². The molecule has 10 nitrogen and oxygen atoms in total. The molecule has 0 aliphatic heterocycles. The number of aromatic amines is 1. The summed E-state index contributed by atoms with van der Waals surface area (Å²) in [5.41, 5.74) is 4.76. The van der Waals surface area contributed by atoms with Crippen molar-refractivity contribution >= 4 is 33.5 Å². The third kappa shape index (κ3) is 4.24. The summed E-state index contributed by atoms with van der Waals surface area (Å²) in [6.07, 6.45) is 0.927. The molecule has 0 saturated heterocycles. The molecular formula is C22H20N6O4. The van der Waals surface area contributed by atoms with Crippen LogP contribution >= 0.6 is 0 Å². The number of nitrogens with one attached hydrogen (secondary N) is 3. The second kappa shape index (κ2) is 8.80. The maximum Gasteiger partial charge on any atom is 0.290 e. The zero-order chi connectivity index (χ0) is 22.7. The summed E-state index contributed by atoms with van der Waals surface area (Å²) < 4.78 is 1.08. The van der Waals surface area contributed by atoms with Crippen LogP contribution in [0.1, 0.15) is 29.2 Å². The van der Waals surface area contributed by atoms with Gasteiger partial charge in [0, 0.05) is 25.3 Å². The average Bonchev–Trinajstić information content (AvgIpc) is 2.80. The van der Waals surface area contributed by atoms with Gasteiger partial charge in [0.25, 0.3) is 17.0 Å². The number of hydrogen-bond acceptors (Lipinski definition) is 6. The van der Waals surface area contributed by atoms with Crippen LogP contribution in [-0.2, 0) is 18.3 Å². The molecule has 4 rings (SSSR count). The Labute approximate surface area is 181 Å². The maximum atomic E-state index is 12.5. The lowest BCUT2D eigenvalue weighted by Crippen LogP contribution is -2.42. The molecule has 0 aliphatic carbocycles. The van der Waals surface area contributed by atoms with E-state index in [1.54, 1.807) is 48.5 Å². The minimum atomic E-state index is -0.634. The third-order valence-electron chi connectivity index (χ3n) is 4.97. The number of hydrogen-bond donors (Lipinski definition) is 3. The summed E-state index contributed by atoms with van der Waals surface area (Å²) in [5.74, 6) is -0.548. The summed E-state index contributed by atoms with van der Waals surface area (Å²) in [6, 6.07) is 13.7. The second-order valence-electron chi connectivity index (χ2n) is 7.21. The van der Waals surface area contributed by atoms with Crippen molar-refractivity contribution in [3.63, 3.8) is 0 Å². The van der Waals surface area contributed by atoms with Crippen molar-refractivity contribution in [2.45, 2.75) is 19.3 Å². The predicted octanol–water partition coefficient (Wildman–Crippen LogP) is 0.954. The van der Waals surface area contributed by atoms with E-state index >= 15 is 0 Å². The number of rotatable bonds is 5. The highest BCUT2D eigenvalue weighted by molar-refractivity contribution is 6.05. The monoisotopic (exact) mass is 432 g/mol. The molecule has 0 saturated carbocycles. The van der Waals surface area contributed by atoms with Gasteiger partial charge in [-0.25, -0.2) is 9.67 Å². The Bertz CT molecular complexity index is 1460. The first kappa shape index (κ1) is 20.9. The molecule has 0 unspecified atom stereocenters. The fourth-order valence-electron chi connectivity index (χ4n) is 3.39. The maximum absolute atomic E-state index is 12.5. The summed E-state index contributed by atoms with van der Waals surface area (Å²) in [7, 11) is 1.45. The molecule has 0 atom stereocenters. The van der Waals surface area contributed by atoms with Crippen LogP contribution < -0.4 is 22.0 Å². The van der Waals surface area contributed by atoms with Crippen LogP contribution in [0.3, 0.4) is 0 Å². The van der Waals surface area contributed by atoms with Crippen molar-refractivity contribution in [1.29, 1.82) is 0 Å². The van der Waals surface area contributed by atoms with Crippen LogP contribution in [0, 0.1) is 0 Å². The lowest BCUT2D eigenvalue weighted by Gasteiger charge is -2.10. The van der Waals surface area contributed by atoms with Crippen LogP contribution in [-0.4, -0.2) is 31.6 Å². The highest BCUT2D eigenvalue weighted by atomic mass is 16.2. The van der Waals surface area contributed by atoms with Crippen LogP contribution in [0.25, 0.3) is 21.7 Å². The van der Waals surface area contributed by atoms with E-state index in [0.29, 0.717) is 40.3 Å². The molecule has 0 aliphatic rings. The molecule has 2 amide bonds. The molecular weight excluding hydrogens is 412 g/mol. The summed E-state index contributed by atoms with van der Waals surface area (Å²) in [6.45, 7) is 0. The smallest absolute Gasteiger partial charge is 0.290 e. The van der Waals surface area contributed by atoms with Gasteiger partial charge in [0.15, 0.2) is 5.69 Å². The van der Waals surface area contributed by atoms with Gasteiger partial charge in [0.2, 0.25) is 5.91 Å². The highest BCUT2D eigenvalue weighted by Gasteiger charge is 2.16. The van der Waals surface area contributed by atoms with E-state index in [2.05, 4.69) is 25.9 Å². The van der Waals surface area contributed by atoms with Crippen molar-refractivity contribution < 1.29 is 9.59 Å². The Hall–Kier alpha value is -4.34. The predicted molar refractivity (Wildman–Crippen MR) is 118 cm³/mol. The van der Waals surface area contributed by atoms with Gasteiger partial charge in [-0.05, 0) is 24.6 Å². The highest BCUT2D eigenvalue weighted by Crippen LogP contribution is 2.12. The van der Waals surface area contributed by atoms with E-state index in [1.807, 2.05) is 0 Å². The molecule has 0 spiro atoms. The standard InChI is InChI=1S/C22H20N6O4/c1-28-22(32)14-8-3-2-7-13(14)19(27-28)21(31)26-25-18(29)12-6-11-17-23-16-10-5-4-9-15(16)20(30)24-17/h2-5,7-10H,6,11-12H2,1H3,(H,25,29)(H,26,31)(H,23,24,30). The van der Waals surface area contributed by atoms with Crippen molar-refractivity contribution in [3.05, 3.63) is 80.8 Å². The fourth-order valence-corrected chi connectivity index (χ4v) is 3.39. The number of aryl methyl sites for hydroxylation is 2. The first-order chi connectivity index (χ1) is 15.4. The van der Waals surface area contributed by atoms with E-state index < -0.39 is 11.8 Å². The van der Waals surface area contributed by atoms with Gasteiger partial charge in [-0.3, -0.25) is 30.0 Å². The van der Waals surface area contributed by atoms with E-state index in [-0.39, 0.29) is 23.2 Å². The number of nitrogens with zero attached hydrogens (tertiary/aromatic N) is 3. The fraction of sp³-hybridized carbons (Fsp3) is 0.182. The largest absolute Gasteiger partial charge is 0.310 e. The van der Waals surface area contributed by atoms with Gasteiger partial charge in [-0.1, -0.05) is 30.3 Å². The summed E-state index contributed by atoms with van der Waals surface area (Å²) in [5, 5.41) is 5.28. The van der Waals surface area contributed by atoms with Crippen molar-refractivity contribution in [1.82, 2.24) is 30.6 Å². The number of fused-ring (bicyclic) bond motifs is 2. The van der Waals surface area contributed by atoms with Crippen LogP contribution in [0.4, 0.5) is 0 Å². The number of hydrazine groups is 1. The SMILES string of the molecule is Cn1nc(C(=O)NNC(=O)CCCc2nc3ccccc3c(=O)[nH]2)c2ccccc2c1=O. The minimum absolute atomic E-state index is 0.0286. The second-order valence-corrected chi connectivity index (χ2v) is 7.21. The molecule has 0 fully saturated rings. The van der Waals surface area contributed by atoms with E-state index in [9.17, 15) is 19.2 Å². The molecule has 32 heavy (non-hydrogen) atoms. The number of carbonyl (C=O) groups is 2.